The molecule has 232 valence electrons. The maximum atomic E-state index is 7.28. The lowest BCUT2D eigenvalue weighted by atomic mass is 9.63. The normalized spacial score (nSPS) is 17.4. The van der Waals surface area contributed by atoms with E-state index in [4.69, 9.17) is 4.42 Å². The number of benzene rings is 7. The maximum Gasteiger partial charge on any atom is 0.159 e. The molecule has 2 heteroatoms. The molecule has 0 amide bonds. The zero-order valence-electron chi connectivity index (χ0n) is 26.9. The van der Waals surface area contributed by atoms with E-state index < -0.39 is 0 Å². The summed E-state index contributed by atoms with van der Waals surface area (Å²) in [6.07, 6.45) is 9.24. The Hall–Kier alpha value is -6.12. The minimum atomic E-state index is -0.362. The summed E-state index contributed by atoms with van der Waals surface area (Å²) in [6.45, 7) is 0. The first-order valence-electron chi connectivity index (χ1n) is 17.1. The molecule has 0 saturated heterocycles. The summed E-state index contributed by atoms with van der Waals surface area (Å²) in [5.74, 6) is 0.364. The molecular weight excluding hydrogens is 595 g/mol. The molecule has 0 N–H and O–H groups in total. The SMILES string of the molecule is C1=CC2[C@H](C=C1)c1c(ccc3c1oc1c(N(c4ccccc4)c4cccc5ccccc45)cccc13)C2(c1ccccc1)c1ccccc1. The van der Waals surface area contributed by atoms with E-state index in [2.05, 4.69) is 193 Å². The van der Waals surface area contributed by atoms with Gasteiger partial charge in [0.25, 0.3) is 0 Å². The predicted molar refractivity (Wildman–Crippen MR) is 203 cm³/mol. The lowest BCUT2D eigenvalue weighted by molar-refractivity contribution is 0.456. The predicted octanol–water partition coefficient (Wildman–Crippen LogP) is 12.4. The van der Waals surface area contributed by atoms with Crippen molar-refractivity contribution in [2.24, 2.45) is 5.92 Å². The van der Waals surface area contributed by atoms with Gasteiger partial charge in [-0.2, -0.15) is 0 Å². The topological polar surface area (TPSA) is 16.4 Å². The van der Waals surface area contributed by atoms with Crippen LogP contribution in [0.25, 0.3) is 32.7 Å². The quantitative estimate of drug-likeness (QED) is 0.189. The summed E-state index contributed by atoms with van der Waals surface area (Å²) in [7, 11) is 0. The number of fused-ring (bicyclic) bond motifs is 8. The minimum Gasteiger partial charge on any atom is -0.454 e. The van der Waals surface area contributed by atoms with Crippen LogP contribution in [0.5, 0.6) is 0 Å². The molecule has 1 aromatic heterocycles. The fourth-order valence-corrected chi connectivity index (χ4v) is 8.85. The number of hydrogen-bond donors (Lipinski definition) is 0. The van der Waals surface area contributed by atoms with E-state index in [-0.39, 0.29) is 17.3 Å². The van der Waals surface area contributed by atoms with Crippen molar-refractivity contribution in [1.29, 1.82) is 0 Å². The van der Waals surface area contributed by atoms with Crippen molar-refractivity contribution < 1.29 is 4.42 Å². The molecule has 0 spiro atoms. The summed E-state index contributed by atoms with van der Waals surface area (Å²) >= 11 is 0. The third kappa shape index (κ3) is 4.01. The van der Waals surface area contributed by atoms with Crippen LogP contribution in [0.2, 0.25) is 0 Å². The van der Waals surface area contributed by atoms with Gasteiger partial charge in [-0.1, -0.05) is 164 Å². The molecule has 2 aliphatic rings. The third-order valence-electron chi connectivity index (χ3n) is 10.8. The summed E-state index contributed by atoms with van der Waals surface area (Å²) in [5.41, 5.74) is 9.96. The van der Waals surface area contributed by atoms with Crippen LogP contribution in [0, 0.1) is 5.92 Å². The molecule has 1 heterocycles. The Labute approximate surface area is 285 Å². The van der Waals surface area contributed by atoms with Crippen LogP contribution in [0.4, 0.5) is 17.1 Å². The van der Waals surface area contributed by atoms with E-state index in [1.807, 2.05) is 0 Å². The molecule has 2 nitrogen and oxygen atoms in total. The number of nitrogens with zero attached hydrogens (tertiary/aromatic N) is 1. The van der Waals surface area contributed by atoms with Crippen molar-refractivity contribution in [3.63, 3.8) is 0 Å². The Balaban J connectivity index is 1.28. The van der Waals surface area contributed by atoms with Crippen LogP contribution < -0.4 is 4.90 Å². The Morgan fingerprint density at radius 3 is 1.84 bits per heavy atom. The van der Waals surface area contributed by atoms with Gasteiger partial charge in [-0.05, 0) is 46.3 Å². The molecule has 8 aromatic rings. The van der Waals surface area contributed by atoms with Crippen LogP contribution >= 0.6 is 0 Å². The highest BCUT2D eigenvalue weighted by atomic mass is 16.3. The zero-order valence-corrected chi connectivity index (χ0v) is 26.9. The van der Waals surface area contributed by atoms with Gasteiger partial charge in [0.05, 0.1) is 16.8 Å². The first-order valence-corrected chi connectivity index (χ1v) is 17.1. The molecule has 0 saturated carbocycles. The van der Waals surface area contributed by atoms with Crippen LogP contribution in [-0.2, 0) is 5.41 Å². The van der Waals surface area contributed by atoms with Crippen molar-refractivity contribution in [3.8, 4) is 0 Å². The molecule has 7 aromatic carbocycles. The fraction of sp³-hybridized carbons (Fsp3) is 0.0638. The molecule has 0 aliphatic heterocycles. The van der Waals surface area contributed by atoms with Gasteiger partial charge in [-0.3, -0.25) is 0 Å². The first-order chi connectivity index (χ1) is 24.3. The van der Waals surface area contributed by atoms with Crippen LogP contribution in [-0.4, -0.2) is 0 Å². The highest BCUT2D eigenvalue weighted by Crippen LogP contribution is 2.61. The van der Waals surface area contributed by atoms with E-state index in [0.717, 1.165) is 39.0 Å². The van der Waals surface area contributed by atoms with Gasteiger partial charge in [-0.25, -0.2) is 0 Å². The lowest BCUT2D eigenvalue weighted by Crippen LogP contribution is -2.34. The Morgan fingerprint density at radius 2 is 1.06 bits per heavy atom. The molecule has 0 fully saturated rings. The Kier molecular flexibility index (Phi) is 6.25. The summed E-state index contributed by atoms with van der Waals surface area (Å²) < 4.78 is 7.28. The van der Waals surface area contributed by atoms with Crippen LogP contribution in [0.1, 0.15) is 28.2 Å². The number of hydrogen-bond acceptors (Lipinski definition) is 2. The summed E-state index contributed by atoms with van der Waals surface area (Å²) in [5, 5.41) is 4.68. The molecule has 2 aliphatic carbocycles. The van der Waals surface area contributed by atoms with E-state index >= 15 is 0 Å². The zero-order chi connectivity index (χ0) is 32.4. The number of allylic oxidation sites excluding steroid dienone is 4. The van der Waals surface area contributed by atoms with Gasteiger partial charge in [0, 0.05) is 39.2 Å². The van der Waals surface area contributed by atoms with Crippen molar-refractivity contribution in [1.82, 2.24) is 0 Å². The van der Waals surface area contributed by atoms with Crippen molar-refractivity contribution >= 4 is 49.8 Å². The highest BCUT2D eigenvalue weighted by Gasteiger charge is 2.54. The number of para-hydroxylation sites is 2. The van der Waals surface area contributed by atoms with E-state index in [9.17, 15) is 0 Å². The molecule has 0 radical (unpaired) electrons. The van der Waals surface area contributed by atoms with Crippen LogP contribution in [0.15, 0.2) is 193 Å². The largest absolute Gasteiger partial charge is 0.454 e. The average molecular weight is 628 g/mol. The van der Waals surface area contributed by atoms with E-state index in [1.165, 1.54) is 33.0 Å². The van der Waals surface area contributed by atoms with Gasteiger partial charge in [-0.15, -0.1) is 0 Å². The molecule has 2 atom stereocenters. The van der Waals surface area contributed by atoms with E-state index in [0.29, 0.717) is 0 Å². The fourth-order valence-electron chi connectivity index (χ4n) is 8.85. The second-order valence-corrected chi connectivity index (χ2v) is 13.2. The van der Waals surface area contributed by atoms with Crippen LogP contribution in [0.3, 0.4) is 0 Å². The molecule has 49 heavy (non-hydrogen) atoms. The average Bonchev–Trinajstić information content (AvgIpc) is 3.71. The smallest absolute Gasteiger partial charge is 0.159 e. The highest BCUT2D eigenvalue weighted by molar-refractivity contribution is 6.13. The first kappa shape index (κ1) is 27.9. The summed E-state index contributed by atoms with van der Waals surface area (Å²) in [6, 6.07) is 59.2. The van der Waals surface area contributed by atoms with Gasteiger partial charge in [0.1, 0.15) is 5.58 Å². The van der Waals surface area contributed by atoms with Gasteiger partial charge in [0.2, 0.25) is 0 Å². The maximum absolute atomic E-state index is 7.28. The number of anilines is 3. The Morgan fingerprint density at radius 1 is 0.469 bits per heavy atom. The van der Waals surface area contributed by atoms with Crippen molar-refractivity contribution in [3.05, 3.63) is 210 Å². The molecule has 0 bridgehead atoms. The van der Waals surface area contributed by atoms with Gasteiger partial charge in [0.15, 0.2) is 5.58 Å². The second kappa shape index (κ2) is 11.0. The third-order valence-corrected chi connectivity index (χ3v) is 10.8. The van der Waals surface area contributed by atoms with Gasteiger partial charge < -0.3 is 9.32 Å². The van der Waals surface area contributed by atoms with Gasteiger partial charge >= 0.3 is 0 Å². The summed E-state index contributed by atoms with van der Waals surface area (Å²) in [4.78, 5) is 2.36. The van der Waals surface area contributed by atoms with Crippen molar-refractivity contribution in [2.45, 2.75) is 11.3 Å². The second-order valence-electron chi connectivity index (χ2n) is 13.2. The lowest BCUT2D eigenvalue weighted by Gasteiger charge is -2.38. The molecular formula is C47H33NO. The monoisotopic (exact) mass is 627 g/mol. The van der Waals surface area contributed by atoms with Crippen molar-refractivity contribution in [2.75, 3.05) is 4.90 Å². The van der Waals surface area contributed by atoms with E-state index in [1.54, 1.807) is 0 Å². The Bertz CT molecular complexity index is 2520. The minimum absolute atomic E-state index is 0.163. The molecule has 10 rings (SSSR count). The molecule has 1 unspecified atom stereocenters. The standard InChI is InChI=1S/C47H33NO/c1-4-18-33(19-5-1)47(34-20-6-2-7-21-34)40-27-13-12-25-39(40)44-41(47)31-30-38-37-26-15-29-43(45(37)49-46(38)44)48(35-22-8-3-9-23-35)42-28-14-17-32-16-10-11-24-36(32)42/h1-31,39-40H/t39-,40?/m0/s1. The number of rotatable bonds is 5. The number of furan rings is 1.